The van der Waals surface area contributed by atoms with Crippen LogP contribution in [0.15, 0.2) is 47.6 Å². The number of fused-ring (bicyclic) bond motifs is 3. The summed E-state index contributed by atoms with van der Waals surface area (Å²) in [5.74, 6) is -0.108. The molecule has 0 unspecified atom stereocenters. The van der Waals surface area contributed by atoms with Gasteiger partial charge in [-0.2, -0.15) is 0 Å². The number of nitrogens with one attached hydrogen (secondary N) is 2. The lowest BCUT2D eigenvalue weighted by Crippen LogP contribution is -2.50. The number of thioether (sulfide) groups is 1. The van der Waals surface area contributed by atoms with E-state index in [1.807, 2.05) is 36.6 Å². The molecule has 2 aliphatic heterocycles. The van der Waals surface area contributed by atoms with E-state index < -0.39 is 6.04 Å². The molecule has 0 bridgehead atoms. The van der Waals surface area contributed by atoms with Crippen molar-refractivity contribution in [2.24, 2.45) is 5.10 Å². The zero-order chi connectivity index (χ0) is 17.6. The molecule has 2 heterocycles. The molecule has 0 fully saturated rings. The topological polar surface area (TPSA) is 56.7 Å². The minimum Gasteiger partial charge on any atom is -0.360 e. The predicted molar refractivity (Wildman–Crippen MR) is 103 cm³/mol. The van der Waals surface area contributed by atoms with Crippen LogP contribution in [0, 0.1) is 0 Å². The maximum atomic E-state index is 12.7. The number of carbonyl (C=O) groups excluding carboxylic acids is 1. The fraction of sp³-hybridized carbons (Fsp3) is 0.176. The van der Waals surface area contributed by atoms with Gasteiger partial charge >= 0.3 is 0 Å². The van der Waals surface area contributed by atoms with Crippen LogP contribution in [0.3, 0.4) is 0 Å². The van der Waals surface area contributed by atoms with Gasteiger partial charge in [0.25, 0.3) is 5.91 Å². The summed E-state index contributed by atoms with van der Waals surface area (Å²) in [7, 11) is 0. The van der Waals surface area contributed by atoms with E-state index in [0.717, 1.165) is 16.8 Å². The summed E-state index contributed by atoms with van der Waals surface area (Å²) in [5, 5.41) is 14.3. The fourth-order valence-electron chi connectivity index (χ4n) is 3.09. The van der Waals surface area contributed by atoms with Crippen molar-refractivity contribution in [1.82, 2.24) is 10.3 Å². The molecule has 4 rings (SSSR count). The first-order valence-electron chi connectivity index (χ1n) is 7.60. The molecular weight excluding hydrogens is 379 g/mol. The van der Waals surface area contributed by atoms with Crippen LogP contribution in [-0.2, 0) is 4.79 Å². The number of amidine groups is 1. The molecule has 25 heavy (non-hydrogen) atoms. The minimum atomic E-state index is -0.523. The third-order valence-corrected chi connectivity index (χ3v) is 5.34. The molecule has 0 aliphatic carbocycles. The summed E-state index contributed by atoms with van der Waals surface area (Å²) < 4.78 is 0. The van der Waals surface area contributed by atoms with Crippen LogP contribution in [0.5, 0.6) is 0 Å². The van der Waals surface area contributed by atoms with E-state index in [1.165, 1.54) is 11.8 Å². The van der Waals surface area contributed by atoms with Crippen molar-refractivity contribution in [3.05, 3.63) is 63.6 Å². The number of amides is 1. The van der Waals surface area contributed by atoms with Crippen LogP contribution in [0.2, 0.25) is 10.0 Å². The van der Waals surface area contributed by atoms with Crippen LogP contribution < -0.4 is 10.6 Å². The number of hydrazone groups is 1. The van der Waals surface area contributed by atoms with Crippen molar-refractivity contribution in [2.45, 2.75) is 12.2 Å². The number of carbonyl (C=O) groups is 1. The number of halogens is 2. The highest BCUT2D eigenvalue weighted by atomic mass is 35.5. The molecule has 128 valence electrons. The number of benzene rings is 2. The highest BCUT2D eigenvalue weighted by Gasteiger charge is 2.42. The molecule has 0 aromatic heterocycles. The van der Waals surface area contributed by atoms with E-state index in [-0.39, 0.29) is 12.1 Å². The number of para-hydroxylation sites is 1. The summed E-state index contributed by atoms with van der Waals surface area (Å²) in [6.07, 6.45) is 1.49. The Morgan fingerprint density at radius 2 is 1.96 bits per heavy atom. The van der Waals surface area contributed by atoms with Gasteiger partial charge in [0.2, 0.25) is 0 Å². The highest BCUT2D eigenvalue weighted by molar-refractivity contribution is 8.13. The van der Waals surface area contributed by atoms with Gasteiger partial charge in [0.1, 0.15) is 6.17 Å². The molecule has 2 aliphatic rings. The molecule has 5 nitrogen and oxygen atoms in total. The average molecular weight is 393 g/mol. The number of rotatable bonds is 1. The maximum absolute atomic E-state index is 12.7. The first-order chi connectivity index (χ1) is 12.1. The second kappa shape index (κ2) is 6.44. The van der Waals surface area contributed by atoms with Gasteiger partial charge in [-0.25, -0.2) is 0 Å². The second-order valence-corrected chi connectivity index (χ2v) is 7.32. The molecular formula is C17H14Cl2N4OS. The maximum Gasteiger partial charge on any atom is 0.255 e. The van der Waals surface area contributed by atoms with E-state index in [9.17, 15) is 4.79 Å². The van der Waals surface area contributed by atoms with Gasteiger partial charge in [-0.15, -0.1) is 5.10 Å². The Morgan fingerprint density at radius 3 is 2.72 bits per heavy atom. The molecule has 2 aromatic rings. The number of hydrogen-bond donors (Lipinski definition) is 2. The van der Waals surface area contributed by atoms with Crippen molar-refractivity contribution >= 4 is 51.7 Å². The molecule has 2 atom stereocenters. The normalized spacial score (nSPS) is 21.6. The van der Waals surface area contributed by atoms with Crippen LogP contribution in [0.1, 0.15) is 23.3 Å². The quantitative estimate of drug-likeness (QED) is 0.762. The van der Waals surface area contributed by atoms with Gasteiger partial charge in [-0.3, -0.25) is 9.80 Å². The zero-order valence-electron chi connectivity index (χ0n) is 13.2. The standard InChI is InChI=1S/C17H14Cl2N4OS/c1-25-17-21-16(24)14-11-4-2-3-5-13(11)20-15(23(14)22-17)10-7-6-9(18)8-12(10)19/h2-8,14-15,20H,1H3,(H,21,22,24)/t14-,15-/m0/s1. The average Bonchev–Trinajstić information content (AvgIpc) is 2.61. The number of anilines is 1. The second-order valence-electron chi connectivity index (χ2n) is 5.68. The molecule has 1 amide bonds. The van der Waals surface area contributed by atoms with E-state index in [1.54, 1.807) is 17.1 Å². The Kier molecular flexibility index (Phi) is 4.27. The Labute approximate surface area is 159 Å². The van der Waals surface area contributed by atoms with Gasteiger partial charge < -0.3 is 10.6 Å². The lowest BCUT2D eigenvalue weighted by Gasteiger charge is -2.43. The van der Waals surface area contributed by atoms with Gasteiger partial charge in [0, 0.05) is 26.9 Å². The third kappa shape index (κ3) is 2.84. The van der Waals surface area contributed by atoms with Gasteiger partial charge in [0.15, 0.2) is 11.2 Å². The van der Waals surface area contributed by atoms with E-state index >= 15 is 0 Å². The summed E-state index contributed by atoms with van der Waals surface area (Å²) in [6, 6.07) is 12.5. The molecule has 2 aromatic carbocycles. The summed E-state index contributed by atoms with van der Waals surface area (Å²) in [6.45, 7) is 0. The predicted octanol–water partition coefficient (Wildman–Crippen LogP) is 4.22. The molecule has 2 N–H and O–H groups in total. The molecule has 0 radical (unpaired) electrons. The Morgan fingerprint density at radius 1 is 1.16 bits per heavy atom. The van der Waals surface area contributed by atoms with Gasteiger partial charge in [-0.1, -0.05) is 59.2 Å². The molecule has 8 heteroatoms. The fourth-order valence-corrected chi connectivity index (χ4v) is 3.98. The smallest absolute Gasteiger partial charge is 0.255 e. The largest absolute Gasteiger partial charge is 0.360 e. The SMILES string of the molecule is CSC1=NN2[C@@H](c3ccc(Cl)cc3Cl)Nc3ccccc3[C@H]2C(=O)N1. The number of hydrogen-bond acceptors (Lipinski definition) is 5. The summed E-state index contributed by atoms with van der Waals surface area (Å²) >= 11 is 13.8. The van der Waals surface area contributed by atoms with E-state index in [2.05, 4.69) is 15.7 Å². The first-order valence-corrected chi connectivity index (χ1v) is 9.59. The van der Waals surface area contributed by atoms with Crippen LogP contribution in [0.4, 0.5) is 5.69 Å². The van der Waals surface area contributed by atoms with Crippen LogP contribution >= 0.6 is 35.0 Å². The Balaban J connectivity index is 1.88. The minimum absolute atomic E-state index is 0.108. The molecule has 0 saturated carbocycles. The Hall–Kier alpha value is -1.89. The van der Waals surface area contributed by atoms with Crippen molar-refractivity contribution in [3.8, 4) is 0 Å². The monoisotopic (exact) mass is 392 g/mol. The molecule has 0 saturated heterocycles. The van der Waals surface area contributed by atoms with Crippen LogP contribution in [-0.4, -0.2) is 22.3 Å². The van der Waals surface area contributed by atoms with Gasteiger partial charge in [0.05, 0.1) is 0 Å². The van der Waals surface area contributed by atoms with Crippen molar-refractivity contribution in [2.75, 3.05) is 11.6 Å². The van der Waals surface area contributed by atoms with Crippen molar-refractivity contribution in [3.63, 3.8) is 0 Å². The lowest BCUT2D eigenvalue weighted by molar-refractivity contribution is -0.127. The van der Waals surface area contributed by atoms with Crippen molar-refractivity contribution < 1.29 is 4.79 Å². The van der Waals surface area contributed by atoms with Crippen molar-refractivity contribution in [1.29, 1.82) is 0 Å². The van der Waals surface area contributed by atoms with E-state index in [4.69, 9.17) is 23.2 Å². The summed E-state index contributed by atoms with van der Waals surface area (Å²) in [4.78, 5) is 12.7. The molecule has 0 spiro atoms. The zero-order valence-corrected chi connectivity index (χ0v) is 15.5. The number of nitrogens with zero attached hydrogens (tertiary/aromatic N) is 2. The van der Waals surface area contributed by atoms with Crippen LogP contribution in [0.25, 0.3) is 0 Å². The lowest BCUT2D eigenvalue weighted by atomic mass is 9.97. The first kappa shape index (κ1) is 16.6. The van der Waals surface area contributed by atoms with Gasteiger partial charge in [-0.05, 0) is 24.5 Å². The highest BCUT2D eigenvalue weighted by Crippen LogP contribution is 2.44. The summed E-state index contributed by atoms with van der Waals surface area (Å²) in [5.41, 5.74) is 2.58. The van der Waals surface area contributed by atoms with E-state index in [0.29, 0.717) is 15.2 Å². The Bertz CT molecular complexity index is 889. The third-order valence-electron chi connectivity index (χ3n) is 4.21.